The van der Waals surface area contributed by atoms with Crippen LogP contribution in [0, 0.1) is 0 Å². The number of hydrogen-bond donors (Lipinski definition) is 8. The van der Waals surface area contributed by atoms with Crippen molar-refractivity contribution in [2.45, 2.75) is 24.5 Å². The zero-order chi connectivity index (χ0) is 24.1. The molecule has 2 unspecified atom stereocenters. The number of phosphoric acid groups is 3. The molecule has 0 spiro atoms. The fourth-order valence-corrected chi connectivity index (χ4v) is 5.73. The maximum atomic E-state index is 11.9. The van der Waals surface area contributed by atoms with Crippen molar-refractivity contribution in [3.63, 3.8) is 0 Å². The van der Waals surface area contributed by atoms with Gasteiger partial charge in [0.05, 0.1) is 12.9 Å². The molecule has 1 saturated heterocycles. The van der Waals surface area contributed by atoms with Crippen LogP contribution in [0.5, 0.6) is 0 Å². The molecule has 0 bridgehead atoms. The van der Waals surface area contributed by atoms with Crippen LogP contribution in [0.15, 0.2) is 11.1 Å². The number of hydrogen-bond acceptors (Lipinski definition) is 13. The number of aliphatic hydroxyl groups excluding tert-OH is 2. The van der Waals surface area contributed by atoms with Crippen LogP contribution in [-0.4, -0.2) is 74.2 Å². The molecule has 1 fully saturated rings. The predicted molar refractivity (Wildman–Crippen MR) is 102 cm³/mol. The summed E-state index contributed by atoms with van der Waals surface area (Å²) in [5.41, 5.74) is 4.50. The van der Waals surface area contributed by atoms with Gasteiger partial charge in [0, 0.05) is 0 Å². The standard InChI is InChI=1S/C10H16N5O14P3.3Na.3H/c11-10-13-7-4(8(18)14-10)12-2-15(7)9-6(17)5(16)3(27-9)1-26-31(22,23)29-32(24,25)28-30(19,20)21;;;;;;/h2-3,5-6,9,16-17H,1H2,(H,22,23)(H,24,25)(H2,19,20,21)(H3,11,13,14,18);;;;;;/q;3*+1;3*-1/t3-,5-,6-,9-;;;;;;/m1....../s1. The van der Waals surface area contributed by atoms with Gasteiger partial charge in [0.25, 0.3) is 5.56 Å². The molecule has 186 valence electrons. The average molecular weight is 595 g/mol. The van der Waals surface area contributed by atoms with Crippen LogP contribution in [0.4, 0.5) is 5.95 Å². The zero-order valence-corrected chi connectivity index (χ0v) is 27.0. The van der Waals surface area contributed by atoms with Gasteiger partial charge in [0.1, 0.15) is 18.3 Å². The summed E-state index contributed by atoms with van der Waals surface area (Å²) in [5.74, 6) is -0.276. The van der Waals surface area contributed by atoms with Gasteiger partial charge in [0.2, 0.25) is 5.95 Å². The molecule has 2 aromatic heterocycles. The second-order valence-electron chi connectivity index (χ2n) is 6.21. The summed E-state index contributed by atoms with van der Waals surface area (Å²) >= 11 is 0. The smallest absolute Gasteiger partial charge is 1.00 e. The fourth-order valence-electron chi connectivity index (χ4n) is 2.70. The first kappa shape index (κ1) is 36.4. The van der Waals surface area contributed by atoms with Gasteiger partial charge in [-0.3, -0.25) is 18.9 Å². The molecule has 2 aromatic rings. The number of nitrogens with one attached hydrogen (secondary N) is 1. The molecule has 0 aromatic carbocycles. The van der Waals surface area contributed by atoms with Crippen molar-refractivity contribution >= 4 is 40.6 Å². The van der Waals surface area contributed by atoms with Gasteiger partial charge in [0.15, 0.2) is 17.4 Å². The van der Waals surface area contributed by atoms with Gasteiger partial charge in [-0.1, -0.05) is 0 Å². The Bertz CT molecular complexity index is 1240. The van der Waals surface area contributed by atoms with Crippen molar-refractivity contribution in [2.24, 2.45) is 0 Å². The van der Waals surface area contributed by atoms with Crippen LogP contribution in [0.3, 0.4) is 0 Å². The number of rotatable bonds is 8. The number of H-pyrrole nitrogens is 1. The summed E-state index contributed by atoms with van der Waals surface area (Å²) < 4.78 is 51.6. The van der Waals surface area contributed by atoms with Gasteiger partial charge in [-0.05, 0) is 0 Å². The van der Waals surface area contributed by atoms with E-state index >= 15 is 0 Å². The number of imidazole rings is 1. The number of phosphoric ester groups is 1. The summed E-state index contributed by atoms with van der Waals surface area (Å²) in [4.78, 5) is 57.3. The number of fused-ring (bicyclic) bond motifs is 1. The Morgan fingerprint density at radius 1 is 1.09 bits per heavy atom. The van der Waals surface area contributed by atoms with E-state index in [1.54, 1.807) is 0 Å². The monoisotopic (exact) mass is 595 g/mol. The van der Waals surface area contributed by atoms with Crippen LogP contribution in [0.1, 0.15) is 10.5 Å². The Kier molecular flexibility index (Phi) is 14.2. The molecule has 19 nitrogen and oxygen atoms in total. The first-order valence-corrected chi connectivity index (χ1v) is 12.6. The summed E-state index contributed by atoms with van der Waals surface area (Å²) in [6, 6.07) is 0. The average Bonchev–Trinajstić information content (AvgIpc) is 3.12. The van der Waals surface area contributed by atoms with E-state index in [9.17, 15) is 33.6 Å². The summed E-state index contributed by atoms with van der Waals surface area (Å²) in [6.45, 7) is -1.01. The van der Waals surface area contributed by atoms with Crippen LogP contribution in [-0.2, 0) is 31.6 Å². The van der Waals surface area contributed by atoms with E-state index in [-0.39, 0.29) is 110 Å². The van der Waals surface area contributed by atoms with Gasteiger partial charge in [-0.2, -0.15) is 13.6 Å². The minimum atomic E-state index is -5.73. The molecule has 1 aliphatic rings. The van der Waals surface area contributed by atoms with Crippen molar-refractivity contribution in [1.29, 1.82) is 0 Å². The molecule has 6 atom stereocenters. The van der Waals surface area contributed by atoms with Crippen LogP contribution < -0.4 is 100.0 Å². The fraction of sp³-hybridized carbons (Fsp3) is 0.500. The first-order valence-electron chi connectivity index (χ1n) is 8.11. The Labute approximate surface area is 265 Å². The van der Waals surface area contributed by atoms with Crippen molar-refractivity contribution < 1.29 is 154 Å². The molecular weight excluding hydrogens is 576 g/mol. The molecule has 9 N–H and O–H groups in total. The molecule has 35 heavy (non-hydrogen) atoms. The van der Waals surface area contributed by atoms with Gasteiger partial charge in [-0.15, -0.1) is 0 Å². The number of nitrogens with zero attached hydrogens (tertiary/aromatic N) is 3. The quantitative estimate of drug-likeness (QED) is 0.104. The van der Waals surface area contributed by atoms with E-state index in [1.807, 2.05) is 0 Å². The number of nitrogens with two attached hydrogens (primary N) is 1. The van der Waals surface area contributed by atoms with Crippen LogP contribution >= 0.6 is 23.5 Å². The number of aromatic amines is 1. The number of nitrogen functional groups attached to an aromatic ring is 1. The number of aromatic nitrogens is 4. The molecular formula is C10H19N5Na3O14P3. The van der Waals surface area contributed by atoms with E-state index < -0.39 is 60.2 Å². The minimum absolute atomic E-state index is 0. The third-order valence-electron chi connectivity index (χ3n) is 3.88. The Morgan fingerprint density at radius 3 is 2.26 bits per heavy atom. The van der Waals surface area contributed by atoms with Crippen molar-refractivity contribution in [3.05, 3.63) is 16.7 Å². The third-order valence-corrected chi connectivity index (χ3v) is 7.68. The summed E-state index contributed by atoms with van der Waals surface area (Å²) in [6.07, 6.45) is -5.33. The van der Waals surface area contributed by atoms with E-state index in [1.165, 1.54) is 0 Å². The topological polar surface area (TPSA) is 299 Å². The molecule has 1 aliphatic heterocycles. The predicted octanol–water partition coefficient (Wildman–Crippen LogP) is -11.0. The summed E-state index contributed by atoms with van der Waals surface area (Å²) in [5, 5.41) is 20.4. The minimum Gasteiger partial charge on any atom is -1.00 e. The largest absolute Gasteiger partial charge is 1.00 e. The maximum absolute atomic E-state index is 11.9. The number of anilines is 1. The number of ether oxygens (including phenoxy) is 1. The number of aliphatic hydroxyl groups is 2. The van der Waals surface area contributed by atoms with Crippen molar-refractivity contribution in [1.82, 2.24) is 19.5 Å². The van der Waals surface area contributed by atoms with Crippen molar-refractivity contribution in [2.75, 3.05) is 12.3 Å². The van der Waals surface area contributed by atoms with Gasteiger partial charge < -0.3 is 44.5 Å². The van der Waals surface area contributed by atoms with E-state index in [0.717, 1.165) is 10.9 Å². The SMILES string of the molecule is Nc1nc2c(ncn2[C@@H]2O[C@H](COP(=O)(O)OP(=O)(O)OP(=O)(O)O)[C@@H](O)[C@H]2O)c(=O)[nH]1.[H-].[H-].[H-].[Na+].[Na+].[Na+]. The van der Waals surface area contributed by atoms with Crippen LogP contribution in [0.25, 0.3) is 11.2 Å². The molecule has 0 saturated carbocycles. The van der Waals surface area contributed by atoms with E-state index in [4.69, 9.17) is 25.2 Å². The van der Waals surface area contributed by atoms with Gasteiger partial charge >= 0.3 is 112 Å². The molecule has 25 heteroatoms. The van der Waals surface area contributed by atoms with E-state index in [2.05, 4.69) is 28.1 Å². The normalized spacial score (nSPS) is 25.5. The molecule has 0 radical (unpaired) electrons. The van der Waals surface area contributed by atoms with E-state index in [0.29, 0.717) is 0 Å². The maximum Gasteiger partial charge on any atom is 1.00 e. The first-order chi connectivity index (χ1) is 14.6. The van der Waals surface area contributed by atoms with Gasteiger partial charge in [-0.25, -0.2) is 18.7 Å². The second kappa shape index (κ2) is 13.7. The summed E-state index contributed by atoms with van der Waals surface area (Å²) in [7, 11) is -16.8. The zero-order valence-electron chi connectivity index (χ0n) is 21.3. The molecule has 0 aliphatic carbocycles. The second-order valence-corrected chi connectivity index (χ2v) is 10.6. The van der Waals surface area contributed by atoms with Crippen LogP contribution in [0.2, 0.25) is 0 Å². The Hall–Kier alpha value is 1.44. The van der Waals surface area contributed by atoms with Crippen molar-refractivity contribution in [3.8, 4) is 0 Å². The molecule has 3 heterocycles. The Morgan fingerprint density at radius 2 is 1.69 bits per heavy atom. The third kappa shape index (κ3) is 9.54. The molecule has 3 rings (SSSR count). The molecule has 0 amide bonds. The Balaban J connectivity index is -0.000000963.